The molecular formula is C21H17ClN2O2S. The van der Waals surface area contributed by atoms with Crippen LogP contribution in [0.5, 0.6) is 5.75 Å². The average Bonchev–Trinajstić information content (AvgIpc) is 3.13. The zero-order chi connectivity index (χ0) is 18.8. The molecule has 0 aliphatic heterocycles. The van der Waals surface area contributed by atoms with Gasteiger partial charge in [-0.1, -0.05) is 30.7 Å². The average molecular weight is 397 g/mol. The summed E-state index contributed by atoms with van der Waals surface area (Å²) in [4.78, 5) is 18.4. The highest BCUT2D eigenvalue weighted by molar-refractivity contribution is 7.22. The molecule has 2 aromatic heterocycles. The van der Waals surface area contributed by atoms with Crippen LogP contribution in [0, 0.1) is 0 Å². The highest BCUT2D eigenvalue weighted by atomic mass is 35.5. The maximum absolute atomic E-state index is 13.0. The minimum Gasteiger partial charge on any atom is -0.494 e. The normalized spacial score (nSPS) is 11.0. The van der Waals surface area contributed by atoms with Crippen LogP contribution in [0.3, 0.4) is 0 Å². The third-order valence-electron chi connectivity index (χ3n) is 4.15. The van der Waals surface area contributed by atoms with Crippen LogP contribution in [0.25, 0.3) is 26.3 Å². The summed E-state index contributed by atoms with van der Waals surface area (Å²) >= 11 is 7.40. The van der Waals surface area contributed by atoms with Crippen LogP contribution in [-0.2, 0) is 0 Å². The van der Waals surface area contributed by atoms with Gasteiger partial charge in [-0.3, -0.25) is 9.36 Å². The Bertz CT molecular complexity index is 1130. The minimum absolute atomic E-state index is 0.0764. The molecule has 0 radical (unpaired) electrons. The first kappa shape index (κ1) is 17.8. The van der Waals surface area contributed by atoms with Gasteiger partial charge in [-0.2, -0.15) is 0 Å². The Balaban J connectivity index is 1.71. The van der Waals surface area contributed by atoms with Crippen LogP contribution < -0.4 is 10.3 Å². The van der Waals surface area contributed by atoms with Gasteiger partial charge in [0.05, 0.1) is 17.8 Å². The number of fused-ring (bicyclic) bond motifs is 1. The SMILES string of the molecule is CCCOc1ccc(-n2cnc3cc(-c4ccc(Cl)cc4)sc3c2=O)cc1. The van der Waals surface area contributed by atoms with Crippen molar-refractivity contribution >= 4 is 33.2 Å². The molecule has 2 heterocycles. The maximum atomic E-state index is 13.0. The van der Waals surface area contributed by atoms with Crippen LogP contribution in [0.15, 0.2) is 65.7 Å². The van der Waals surface area contributed by atoms with Crippen molar-refractivity contribution in [1.29, 1.82) is 0 Å². The topological polar surface area (TPSA) is 44.1 Å². The Labute approximate surface area is 165 Å². The highest BCUT2D eigenvalue weighted by Gasteiger charge is 2.11. The molecule has 0 aliphatic rings. The molecule has 2 aromatic carbocycles. The summed E-state index contributed by atoms with van der Waals surface area (Å²) in [5.41, 5.74) is 2.41. The van der Waals surface area contributed by atoms with E-state index >= 15 is 0 Å². The Morgan fingerprint density at radius 3 is 2.56 bits per heavy atom. The van der Waals surface area contributed by atoms with Crippen molar-refractivity contribution in [2.24, 2.45) is 0 Å². The number of thiophene rings is 1. The summed E-state index contributed by atoms with van der Waals surface area (Å²) in [6, 6.07) is 17.0. The smallest absolute Gasteiger partial charge is 0.275 e. The molecule has 4 rings (SSSR count). The molecule has 0 aliphatic carbocycles. The molecule has 0 bridgehead atoms. The van der Waals surface area contributed by atoms with Crippen molar-refractivity contribution < 1.29 is 4.74 Å². The molecule has 6 heteroatoms. The van der Waals surface area contributed by atoms with Gasteiger partial charge in [0.1, 0.15) is 16.8 Å². The standard InChI is InChI=1S/C21H17ClN2O2S/c1-2-11-26-17-9-7-16(8-10-17)24-13-23-18-12-19(27-20(18)21(24)25)14-3-5-15(22)6-4-14/h3-10,12-13H,2,11H2,1H3. The van der Waals surface area contributed by atoms with Gasteiger partial charge in [0.2, 0.25) is 0 Å². The van der Waals surface area contributed by atoms with Crippen molar-refractivity contribution in [3.05, 3.63) is 76.3 Å². The fourth-order valence-corrected chi connectivity index (χ4v) is 3.95. The number of nitrogens with zero attached hydrogens (tertiary/aromatic N) is 2. The van der Waals surface area contributed by atoms with Crippen LogP contribution in [0.4, 0.5) is 0 Å². The molecule has 0 spiro atoms. The van der Waals surface area contributed by atoms with Crippen molar-refractivity contribution in [2.75, 3.05) is 6.61 Å². The van der Waals surface area contributed by atoms with E-state index in [2.05, 4.69) is 11.9 Å². The van der Waals surface area contributed by atoms with E-state index in [0.29, 0.717) is 21.8 Å². The third kappa shape index (κ3) is 3.61. The summed E-state index contributed by atoms with van der Waals surface area (Å²) in [5.74, 6) is 0.795. The van der Waals surface area contributed by atoms with Crippen LogP contribution in [-0.4, -0.2) is 16.2 Å². The molecule has 4 nitrogen and oxygen atoms in total. The number of hydrogen-bond acceptors (Lipinski definition) is 4. The third-order valence-corrected chi connectivity index (χ3v) is 5.57. The van der Waals surface area contributed by atoms with E-state index in [1.54, 1.807) is 10.9 Å². The number of halogens is 1. The summed E-state index contributed by atoms with van der Waals surface area (Å²) in [7, 11) is 0. The molecule has 0 fully saturated rings. The molecule has 136 valence electrons. The lowest BCUT2D eigenvalue weighted by Crippen LogP contribution is -2.17. The molecule has 0 amide bonds. The lowest BCUT2D eigenvalue weighted by Gasteiger charge is -2.07. The van der Waals surface area contributed by atoms with Gasteiger partial charge in [0.25, 0.3) is 5.56 Å². The number of rotatable bonds is 5. The molecule has 4 aromatic rings. The summed E-state index contributed by atoms with van der Waals surface area (Å²) < 4.78 is 7.79. The first-order valence-corrected chi connectivity index (χ1v) is 9.85. The number of benzene rings is 2. The maximum Gasteiger partial charge on any atom is 0.275 e. The second-order valence-electron chi connectivity index (χ2n) is 6.09. The van der Waals surface area contributed by atoms with Gasteiger partial charge in [0.15, 0.2) is 0 Å². The fraction of sp³-hybridized carbons (Fsp3) is 0.143. The quantitative estimate of drug-likeness (QED) is 0.443. The zero-order valence-electron chi connectivity index (χ0n) is 14.7. The first-order chi connectivity index (χ1) is 13.2. The fourth-order valence-electron chi connectivity index (χ4n) is 2.78. The van der Waals surface area contributed by atoms with Crippen molar-refractivity contribution in [3.8, 4) is 21.9 Å². The monoisotopic (exact) mass is 396 g/mol. The molecule has 0 saturated heterocycles. The van der Waals surface area contributed by atoms with Crippen molar-refractivity contribution in [3.63, 3.8) is 0 Å². The van der Waals surface area contributed by atoms with Crippen molar-refractivity contribution in [1.82, 2.24) is 9.55 Å². The largest absolute Gasteiger partial charge is 0.494 e. The predicted octanol–water partition coefficient (Wildman–Crippen LogP) is 5.56. The molecule has 27 heavy (non-hydrogen) atoms. The molecule has 0 atom stereocenters. The number of hydrogen-bond donors (Lipinski definition) is 0. The van der Waals surface area contributed by atoms with Crippen molar-refractivity contribution in [2.45, 2.75) is 13.3 Å². The molecule has 0 N–H and O–H groups in total. The van der Waals surface area contributed by atoms with E-state index in [1.807, 2.05) is 54.6 Å². The Kier molecular flexibility index (Phi) is 4.97. The van der Waals surface area contributed by atoms with Gasteiger partial charge in [0, 0.05) is 9.90 Å². The second kappa shape index (κ2) is 7.55. The van der Waals surface area contributed by atoms with E-state index in [4.69, 9.17) is 16.3 Å². The highest BCUT2D eigenvalue weighted by Crippen LogP contribution is 2.31. The zero-order valence-corrected chi connectivity index (χ0v) is 16.3. The van der Waals surface area contributed by atoms with E-state index in [9.17, 15) is 4.79 Å². The minimum atomic E-state index is -0.0764. The predicted molar refractivity (Wildman–Crippen MR) is 111 cm³/mol. The van der Waals surface area contributed by atoms with Gasteiger partial charge in [-0.15, -0.1) is 11.3 Å². The summed E-state index contributed by atoms with van der Waals surface area (Å²) in [6.45, 7) is 2.74. The Morgan fingerprint density at radius 2 is 1.85 bits per heavy atom. The van der Waals surface area contributed by atoms with E-state index in [0.717, 1.165) is 28.3 Å². The Morgan fingerprint density at radius 1 is 1.11 bits per heavy atom. The molecule has 0 saturated carbocycles. The van der Waals surface area contributed by atoms with E-state index in [1.165, 1.54) is 11.3 Å². The summed E-state index contributed by atoms with van der Waals surface area (Å²) in [5, 5.41) is 0.687. The second-order valence-corrected chi connectivity index (χ2v) is 7.58. The molecule has 0 unspecified atom stereocenters. The lowest BCUT2D eigenvalue weighted by atomic mass is 10.2. The van der Waals surface area contributed by atoms with Gasteiger partial charge >= 0.3 is 0 Å². The molecular weight excluding hydrogens is 380 g/mol. The summed E-state index contributed by atoms with van der Waals surface area (Å²) in [6.07, 6.45) is 2.53. The van der Waals surface area contributed by atoms with Gasteiger partial charge < -0.3 is 4.74 Å². The lowest BCUT2D eigenvalue weighted by molar-refractivity contribution is 0.317. The van der Waals surface area contributed by atoms with E-state index in [-0.39, 0.29) is 5.56 Å². The van der Waals surface area contributed by atoms with Gasteiger partial charge in [-0.05, 0) is 54.4 Å². The van der Waals surface area contributed by atoms with Crippen LogP contribution in [0.1, 0.15) is 13.3 Å². The number of aromatic nitrogens is 2. The van der Waals surface area contributed by atoms with Crippen LogP contribution in [0.2, 0.25) is 5.02 Å². The Hall–Kier alpha value is -2.63. The van der Waals surface area contributed by atoms with Gasteiger partial charge in [-0.25, -0.2) is 4.98 Å². The first-order valence-electron chi connectivity index (χ1n) is 8.66. The van der Waals surface area contributed by atoms with Crippen LogP contribution >= 0.6 is 22.9 Å². The van der Waals surface area contributed by atoms with E-state index < -0.39 is 0 Å². The number of ether oxygens (including phenoxy) is 1.